The van der Waals surface area contributed by atoms with Gasteiger partial charge in [-0.3, -0.25) is 0 Å². The van der Waals surface area contributed by atoms with Gasteiger partial charge in [-0.1, -0.05) is 0 Å². The van der Waals surface area contributed by atoms with Gasteiger partial charge in [0.15, 0.2) is 0 Å². The van der Waals surface area contributed by atoms with Crippen molar-refractivity contribution in [1.82, 2.24) is 0 Å². The van der Waals surface area contributed by atoms with Gasteiger partial charge in [-0.2, -0.15) is 35.1 Å². The Labute approximate surface area is 77.4 Å². The van der Waals surface area contributed by atoms with Crippen molar-refractivity contribution in [2.24, 2.45) is 0 Å². The second-order valence-electron chi connectivity index (χ2n) is 2.51. The average molecular weight is 246 g/mol. The van der Waals surface area contributed by atoms with Crippen LogP contribution in [-0.2, 0) is 0 Å². The van der Waals surface area contributed by atoms with E-state index in [4.69, 9.17) is 0 Å². The second-order valence-corrected chi connectivity index (χ2v) is 2.51. The van der Waals surface area contributed by atoms with Crippen molar-refractivity contribution < 1.29 is 39.5 Å². The van der Waals surface area contributed by atoms with Gasteiger partial charge in [0.2, 0.25) is 0 Å². The van der Waals surface area contributed by atoms with Gasteiger partial charge in [-0.15, -0.1) is 0 Å². The van der Waals surface area contributed by atoms with Crippen LogP contribution in [0.2, 0.25) is 0 Å². The monoisotopic (exact) mass is 246 g/mol. The van der Waals surface area contributed by atoms with E-state index >= 15 is 0 Å². The number of hydrogen-bond donors (Lipinski definition) is 0. The fourth-order valence-corrected chi connectivity index (χ4v) is 0.540. The van der Waals surface area contributed by atoms with Crippen molar-refractivity contribution in [2.75, 3.05) is 0 Å². The molecule has 0 aliphatic rings. The number of alkyl halides is 8. The first-order valence-corrected chi connectivity index (χ1v) is 3.23. The Kier molecular flexibility index (Phi) is 3.70. The molecule has 0 spiro atoms. The Bertz CT molecular complexity index is 242. The molecule has 0 nitrogen and oxygen atoms in total. The van der Waals surface area contributed by atoms with Crippen LogP contribution in [-0.4, -0.2) is 18.3 Å². The van der Waals surface area contributed by atoms with Crippen molar-refractivity contribution in [3.8, 4) is 0 Å². The van der Waals surface area contributed by atoms with Crippen LogP contribution in [0.15, 0.2) is 11.9 Å². The minimum atomic E-state index is -6.15. The first-order valence-electron chi connectivity index (χ1n) is 3.23. The lowest BCUT2D eigenvalue weighted by Gasteiger charge is -2.21. The summed E-state index contributed by atoms with van der Waals surface area (Å²) in [5.74, 6) is -5.61. The Morgan fingerprint density at radius 3 is 1.47 bits per heavy atom. The summed E-state index contributed by atoms with van der Waals surface area (Å²) in [4.78, 5) is 0. The fourth-order valence-electron chi connectivity index (χ4n) is 0.540. The molecule has 0 N–H and O–H groups in total. The standard InChI is InChI=1S/C6H3F9/c7-2-3(5(10,11)12)1-4(8,9)6(13,14)15/h2H,1H2/b3-2+. The van der Waals surface area contributed by atoms with Crippen LogP contribution >= 0.6 is 0 Å². The lowest BCUT2D eigenvalue weighted by Crippen LogP contribution is -2.38. The summed E-state index contributed by atoms with van der Waals surface area (Å²) >= 11 is 0. The molecule has 0 aliphatic heterocycles. The molecule has 0 rings (SSSR count). The van der Waals surface area contributed by atoms with Gasteiger partial charge in [-0.05, 0) is 0 Å². The highest BCUT2D eigenvalue weighted by Gasteiger charge is 2.59. The van der Waals surface area contributed by atoms with Crippen molar-refractivity contribution in [2.45, 2.75) is 24.7 Å². The Morgan fingerprint density at radius 1 is 0.867 bits per heavy atom. The van der Waals surface area contributed by atoms with Crippen LogP contribution in [0.1, 0.15) is 6.42 Å². The van der Waals surface area contributed by atoms with Crippen LogP contribution in [0, 0.1) is 0 Å². The minimum absolute atomic E-state index is 1.31. The molecule has 15 heavy (non-hydrogen) atoms. The van der Waals surface area contributed by atoms with E-state index in [1.54, 1.807) is 0 Å². The first kappa shape index (κ1) is 14.1. The largest absolute Gasteiger partial charge is 0.453 e. The van der Waals surface area contributed by atoms with Crippen molar-refractivity contribution >= 4 is 0 Å². The van der Waals surface area contributed by atoms with E-state index in [0.717, 1.165) is 0 Å². The zero-order chi connectivity index (χ0) is 12.5. The van der Waals surface area contributed by atoms with Crippen LogP contribution in [0.25, 0.3) is 0 Å². The molecule has 0 fully saturated rings. The predicted octanol–water partition coefficient (Wildman–Crippen LogP) is 3.99. The zero-order valence-corrected chi connectivity index (χ0v) is 6.69. The van der Waals surface area contributed by atoms with E-state index in [1.807, 2.05) is 0 Å². The van der Waals surface area contributed by atoms with Gasteiger partial charge in [0.05, 0.1) is 18.3 Å². The molecule has 0 heterocycles. The van der Waals surface area contributed by atoms with Gasteiger partial charge < -0.3 is 0 Å². The number of hydrogen-bond acceptors (Lipinski definition) is 0. The molecular formula is C6H3F9. The third-order valence-corrected chi connectivity index (χ3v) is 1.32. The summed E-state index contributed by atoms with van der Waals surface area (Å²) in [7, 11) is 0. The van der Waals surface area contributed by atoms with Crippen molar-refractivity contribution in [3.05, 3.63) is 11.9 Å². The average Bonchev–Trinajstić information content (AvgIpc) is 1.95. The lowest BCUT2D eigenvalue weighted by atomic mass is 10.1. The first-order chi connectivity index (χ1) is 6.42. The summed E-state index contributed by atoms with van der Waals surface area (Å²) in [6.45, 7) is 0. The maximum absolute atomic E-state index is 12.1. The zero-order valence-electron chi connectivity index (χ0n) is 6.69. The van der Waals surface area contributed by atoms with Crippen molar-refractivity contribution in [3.63, 3.8) is 0 Å². The quantitative estimate of drug-likeness (QED) is 0.646. The molecule has 0 radical (unpaired) electrons. The Hall–Kier alpha value is -0.890. The van der Waals surface area contributed by atoms with Crippen LogP contribution in [0.4, 0.5) is 39.5 Å². The SMILES string of the molecule is F/C=C(\CC(F)(F)C(F)(F)F)C(F)(F)F. The highest BCUT2D eigenvalue weighted by atomic mass is 19.4. The van der Waals surface area contributed by atoms with Gasteiger partial charge in [0.1, 0.15) is 0 Å². The lowest BCUT2D eigenvalue weighted by molar-refractivity contribution is -0.284. The van der Waals surface area contributed by atoms with Gasteiger partial charge in [-0.25, -0.2) is 4.39 Å². The molecule has 0 aromatic heterocycles. The number of rotatable bonds is 2. The van der Waals surface area contributed by atoms with Gasteiger partial charge >= 0.3 is 18.3 Å². The van der Waals surface area contributed by atoms with Gasteiger partial charge in [0, 0.05) is 0 Å². The maximum atomic E-state index is 12.1. The summed E-state index contributed by atoms with van der Waals surface area (Å²) in [5.41, 5.74) is -2.56. The van der Waals surface area contributed by atoms with Crippen molar-refractivity contribution in [1.29, 1.82) is 0 Å². The van der Waals surface area contributed by atoms with E-state index in [0.29, 0.717) is 0 Å². The van der Waals surface area contributed by atoms with Crippen LogP contribution in [0.3, 0.4) is 0 Å². The summed E-state index contributed by atoms with van der Waals surface area (Å²) in [5, 5.41) is 0. The highest BCUT2D eigenvalue weighted by molar-refractivity contribution is 5.09. The van der Waals surface area contributed by atoms with E-state index in [-0.39, 0.29) is 0 Å². The van der Waals surface area contributed by atoms with E-state index in [1.165, 1.54) is 0 Å². The molecule has 0 aromatic carbocycles. The number of allylic oxidation sites excluding steroid dienone is 1. The molecule has 0 atom stereocenters. The minimum Gasteiger partial charge on any atom is -0.215 e. The summed E-state index contributed by atoms with van der Waals surface area (Å²) < 4.78 is 105. The van der Waals surface area contributed by atoms with Crippen LogP contribution < -0.4 is 0 Å². The number of halogens is 9. The van der Waals surface area contributed by atoms with E-state index in [2.05, 4.69) is 0 Å². The Balaban J connectivity index is 4.88. The normalized spacial score (nSPS) is 15.7. The summed E-state index contributed by atoms with van der Waals surface area (Å²) in [6.07, 6.45) is -15.8. The molecule has 0 saturated carbocycles. The highest BCUT2D eigenvalue weighted by Crippen LogP contribution is 2.43. The third kappa shape index (κ3) is 3.63. The third-order valence-electron chi connectivity index (χ3n) is 1.32. The Morgan fingerprint density at radius 2 is 1.27 bits per heavy atom. The molecule has 90 valence electrons. The molecular weight excluding hydrogens is 243 g/mol. The van der Waals surface area contributed by atoms with E-state index in [9.17, 15) is 39.5 Å². The molecule has 0 aliphatic carbocycles. The predicted molar refractivity (Wildman–Crippen MR) is 30.9 cm³/mol. The smallest absolute Gasteiger partial charge is 0.215 e. The maximum Gasteiger partial charge on any atom is 0.453 e. The molecule has 0 unspecified atom stereocenters. The van der Waals surface area contributed by atoms with Crippen LogP contribution in [0.5, 0.6) is 0 Å². The van der Waals surface area contributed by atoms with Gasteiger partial charge in [0.25, 0.3) is 0 Å². The fraction of sp³-hybridized carbons (Fsp3) is 0.667. The molecule has 0 aromatic rings. The molecule has 0 amide bonds. The molecule has 9 heteroatoms. The topological polar surface area (TPSA) is 0 Å². The summed E-state index contributed by atoms with van der Waals surface area (Å²) in [6, 6.07) is 0. The second kappa shape index (κ2) is 3.93. The molecule has 0 bridgehead atoms. The molecule has 0 saturated heterocycles. The van der Waals surface area contributed by atoms with E-state index < -0.39 is 36.6 Å².